The van der Waals surface area contributed by atoms with Crippen molar-refractivity contribution in [3.8, 4) is 0 Å². The van der Waals surface area contributed by atoms with Crippen LogP contribution in [0, 0.1) is 18.8 Å². The minimum Gasteiger partial charge on any atom is -0.310 e. The summed E-state index contributed by atoms with van der Waals surface area (Å²) in [6.07, 6.45) is 4.80. The number of hydrogen-bond donors (Lipinski definition) is 3. The van der Waals surface area contributed by atoms with Crippen molar-refractivity contribution in [1.82, 2.24) is 20.2 Å². The van der Waals surface area contributed by atoms with Gasteiger partial charge in [0, 0.05) is 30.4 Å². The maximum atomic E-state index is 12.5. The molecule has 3 N–H and O–H groups in total. The van der Waals surface area contributed by atoms with Crippen LogP contribution in [0.15, 0.2) is 5.03 Å². The van der Waals surface area contributed by atoms with E-state index in [-0.39, 0.29) is 5.03 Å². The van der Waals surface area contributed by atoms with E-state index < -0.39 is 10.0 Å². The highest BCUT2D eigenvalue weighted by Gasteiger charge is 2.30. The SMILES string of the molecule is Cc1[nH]nc(S(=O)(=O)NCC(C)C2CC2)c1CNC1CC1. The molecule has 0 spiro atoms. The Kier molecular flexibility index (Phi) is 4.07. The molecule has 3 rings (SSSR count). The van der Waals surface area contributed by atoms with E-state index in [0.29, 0.717) is 31.0 Å². The van der Waals surface area contributed by atoms with Crippen molar-refractivity contribution in [1.29, 1.82) is 0 Å². The maximum Gasteiger partial charge on any atom is 0.260 e. The first-order chi connectivity index (χ1) is 9.97. The lowest BCUT2D eigenvalue weighted by molar-refractivity contribution is 0.490. The zero-order chi connectivity index (χ0) is 15.0. The molecule has 0 aliphatic heterocycles. The van der Waals surface area contributed by atoms with Gasteiger partial charge >= 0.3 is 0 Å². The van der Waals surface area contributed by atoms with E-state index in [1.807, 2.05) is 6.92 Å². The summed E-state index contributed by atoms with van der Waals surface area (Å²) in [6.45, 7) is 5.02. The molecule has 1 unspecified atom stereocenters. The van der Waals surface area contributed by atoms with Crippen LogP contribution < -0.4 is 10.0 Å². The third-order valence-corrected chi connectivity index (χ3v) is 5.85. The van der Waals surface area contributed by atoms with Crippen LogP contribution in [0.25, 0.3) is 0 Å². The Labute approximate surface area is 126 Å². The van der Waals surface area contributed by atoms with Crippen LogP contribution in [0.1, 0.15) is 43.9 Å². The van der Waals surface area contributed by atoms with Crippen LogP contribution in [-0.2, 0) is 16.6 Å². The Morgan fingerprint density at radius 1 is 1.33 bits per heavy atom. The normalized spacial score (nSPS) is 20.7. The van der Waals surface area contributed by atoms with Crippen LogP contribution in [0.2, 0.25) is 0 Å². The van der Waals surface area contributed by atoms with Crippen molar-refractivity contribution in [2.24, 2.45) is 11.8 Å². The zero-order valence-electron chi connectivity index (χ0n) is 12.6. The Hall–Kier alpha value is -0.920. The molecule has 118 valence electrons. The summed E-state index contributed by atoms with van der Waals surface area (Å²) >= 11 is 0. The summed E-state index contributed by atoms with van der Waals surface area (Å²) in [4.78, 5) is 0. The molecular formula is C14H24N4O2S. The number of H-pyrrole nitrogens is 1. The summed E-state index contributed by atoms with van der Waals surface area (Å²) < 4.78 is 27.6. The van der Waals surface area contributed by atoms with Gasteiger partial charge in [-0.25, -0.2) is 13.1 Å². The van der Waals surface area contributed by atoms with Crippen molar-refractivity contribution < 1.29 is 8.42 Å². The van der Waals surface area contributed by atoms with Gasteiger partial charge in [-0.15, -0.1) is 0 Å². The van der Waals surface area contributed by atoms with Gasteiger partial charge in [0.15, 0.2) is 5.03 Å². The Balaban J connectivity index is 1.67. The highest BCUT2D eigenvalue weighted by Crippen LogP contribution is 2.36. The molecule has 2 fully saturated rings. The number of nitrogens with one attached hydrogen (secondary N) is 3. The molecule has 1 aromatic rings. The quantitative estimate of drug-likeness (QED) is 0.675. The molecule has 21 heavy (non-hydrogen) atoms. The summed E-state index contributed by atoms with van der Waals surface area (Å²) in [6, 6.07) is 0.540. The van der Waals surface area contributed by atoms with Crippen LogP contribution >= 0.6 is 0 Å². The highest BCUT2D eigenvalue weighted by molar-refractivity contribution is 7.89. The molecule has 0 bridgehead atoms. The average Bonchev–Trinajstić information content (AvgIpc) is 3.33. The fraction of sp³-hybridized carbons (Fsp3) is 0.786. The van der Waals surface area contributed by atoms with Gasteiger partial charge in [-0.3, -0.25) is 5.10 Å². The lowest BCUT2D eigenvalue weighted by Gasteiger charge is -2.12. The van der Waals surface area contributed by atoms with Crippen LogP contribution in [0.5, 0.6) is 0 Å². The van der Waals surface area contributed by atoms with Crippen molar-refractivity contribution in [2.75, 3.05) is 6.54 Å². The van der Waals surface area contributed by atoms with E-state index in [1.165, 1.54) is 25.7 Å². The van der Waals surface area contributed by atoms with Crippen LogP contribution in [0.4, 0.5) is 0 Å². The topological polar surface area (TPSA) is 86.9 Å². The van der Waals surface area contributed by atoms with Gasteiger partial charge in [0.05, 0.1) is 0 Å². The van der Waals surface area contributed by atoms with Gasteiger partial charge in [-0.2, -0.15) is 5.10 Å². The lowest BCUT2D eigenvalue weighted by Crippen LogP contribution is -2.30. The van der Waals surface area contributed by atoms with E-state index >= 15 is 0 Å². The van der Waals surface area contributed by atoms with E-state index in [1.54, 1.807) is 0 Å². The van der Waals surface area contributed by atoms with Crippen molar-refractivity contribution in [3.63, 3.8) is 0 Å². The van der Waals surface area contributed by atoms with Gasteiger partial charge in [0.2, 0.25) is 0 Å². The number of aromatic nitrogens is 2. The number of rotatable bonds is 8. The molecule has 0 radical (unpaired) electrons. The Morgan fingerprint density at radius 3 is 2.67 bits per heavy atom. The zero-order valence-corrected chi connectivity index (χ0v) is 13.5. The van der Waals surface area contributed by atoms with Crippen LogP contribution in [-0.4, -0.2) is 31.2 Å². The van der Waals surface area contributed by atoms with Gasteiger partial charge < -0.3 is 5.32 Å². The molecule has 7 heteroatoms. The molecule has 0 amide bonds. The van der Waals surface area contributed by atoms with E-state index in [4.69, 9.17) is 0 Å². The number of hydrogen-bond acceptors (Lipinski definition) is 4. The highest BCUT2D eigenvalue weighted by atomic mass is 32.2. The molecular weight excluding hydrogens is 288 g/mol. The maximum absolute atomic E-state index is 12.5. The number of aryl methyl sites for hydroxylation is 1. The average molecular weight is 312 g/mol. The molecule has 0 aromatic carbocycles. The van der Waals surface area contributed by atoms with E-state index in [0.717, 1.165) is 11.3 Å². The summed E-state index contributed by atoms with van der Waals surface area (Å²) in [7, 11) is -3.53. The lowest BCUT2D eigenvalue weighted by atomic mass is 10.1. The summed E-state index contributed by atoms with van der Waals surface area (Å²) in [5.41, 5.74) is 1.58. The summed E-state index contributed by atoms with van der Waals surface area (Å²) in [5, 5.41) is 10.3. The van der Waals surface area contributed by atoms with Gasteiger partial charge in [-0.1, -0.05) is 6.92 Å². The van der Waals surface area contributed by atoms with E-state index in [9.17, 15) is 8.42 Å². The second-order valence-corrected chi connectivity index (χ2v) is 8.14. The fourth-order valence-corrected chi connectivity index (χ4v) is 3.87. The van der Waals surface area contributed by atoms with Gasteiger partial charge in [0.1, 0.15) is 0 Å². The standard InChI is InChI=1S/C14H24N4O2S/c1-9(11-3-4-11)7-16-21(19,20)14-13(10(2)17-18-14)8-15-12-5-6-12/h9,11-12,15-16H,3-8H2,1-2H3,(H,17,18). The first-order valence-corrected chi connectivity index (χ1v) is 9.22. The van der Waals surface area contributed by atoms with E-state index in [2.05, 4.69) is 27.2 Å². The predicted octanol–water partition coefficient (Wildman–Crippen LogP) is 1.29. The molecule has 1 aromatic heterocycles. The molecule has 2 aliphatic rings. The van der Waals surface area contributed by atoms with Gasteiger partial charge in [-0.05, 0) is 44.4 Å². The predicted molar refractivity (Wildman–Crippen MR) is 80.3 cm³/mol. The smallest absolute Gasteiger partial charge is 0.260 e. The van der Waals surface area contributed by atoms with Crippen molar-refractivity contribution in [2.45, 2.75) is 57.1 Å². The molecule has 1 atom stereocenters. The monoisotopic (exact) mass is 312 g/mol. The van der Waals surface area contributed by atoms with Crippen molar-refractivity contribution in [3.05, 3.63) is 11.3 Å². The van der Waals surface area contributed by atoms with Gasteiger partial charge in [0.25, 0.3) is 10.0 Å². The third-order valence-electron chi connectivity index (χ3n) is 4.46. The number of nitrogens with zero attached hydrogens (tertiary/aromatic N) is 1. The fourth-order valence-electron chi connectivity index (χ4n) is 2.54. The minimum absolute atomic E-state index is 0.149. The minimum atomic E-state index is -3.53. The first-order valence-electron chi connectivity index (χ1n) is 7.74. The first kappa shape index (κ1) is 15.0. The largest absolute Gasteiger partial charge is 0.310 e. The third kappa shape index (κ3) is 3.64. The number of aromatic amines is 1. The summed E-state index contributed by atoms with van der Waals surface area (Å²) in [5.74, 6) is 1.08. The molecule has 1 heterocycles. The van der Waals surface area contributed by atoms with Crippen LogP contribution in [0.3, 0.4) is 0 Å². The Bertz CT molecular complexity index is 602. The molecule has 0 saturated heterocycles. The second kappa shape index (κ2) is 5.70. The second-order valence-electron chi connectivity index (χ2n) is 6.45. The molecule has 6 nitrogen and oxygen atoms in total. The number of sulfonamides is 1. The molecule has 2 aliphatic carbocycles. The van der Waals surface area contributed by atoms with Crippen molar-refractivity contribution >= 4 is 10.0 Å². The molecule has 2 saturated carbocycles. The Morgan fingerprint density at radius 2 is 2.05 bits per heavy atom.